The van der Waals surface area contributed by atoms with E-state index in [1.807, 2.05) is 0 Å². The van der Waals surface area contributed by atoms with Crippen LogP contribution in [0.25, 0.3) is 0 Å². The standard InChI is InChI=1S/C13H25NO2/c1-10(2)12(15)9-14-7-8-16-13-6-4-3-5-11(13)14/h10-13,15H,3-9H2,1-2H3. The van der Waals surface area contributed by atoms with E-state index in [2.05, 4.69) is 18.7 Å². The summed E-state index contributed by atoms with van der Waals surface area (Å²) in [6.07, 6.45) is 5.32. The topological polar surface area (TPSA) is 32.7 Å². The molecule has 1 saturated carbocycles. The predicted octanol–water partition coefficient (Wildman–Crippen LogP) is 1.65. The van der Waals surface area contributed by atoms with E-state index < -0.39 is 0 Å². The molecular formula is C13H25NO2. The Labute approximate surface area is 98.8 Å². The Balaban J connectivity index is 1.92. The van der Waals surface area contributed by atoms with Gasteiger partial charge in [0.15, 0.2) is 0 Å². The van der Waals surface area contributed by atoms with Crippen molar-refractivity contribution in [2.24, 2.45) is 5.92 Å². The van der Waals surface area contributed by atoms with Crippen LogP contribution in [0, 0.1) is 5.92 Å². The number of fused-ring (bicyclic) bond motifs is 1. The first-order chi connectivity index (χ1) is 7.68. The van der Waals surface area contributed by atoms with Crippen molar-refractivity contribution >= 4 is 0 Å². The molecule has 1 heterocycles. The Hall–Kier alpha value is -0.120. The third-order valence-corrected chi connectivity index (χ3v) is 4.04. The van der Waals surface area contributed by atoms with Gasteiger partial charge in [-0.05, 0) is 18.8 Å². The number of ether oxygens (including phenoxy) is 1. The molecule has 0 spiro atoms. The van der Waals surface area contributed by atoms with Gasteiger partial charge in [-0.2, -0.15) is 0 Å². The Bertz CT molecular complexity index is 218. The average Bonchev–Trinajstić information content (AvgIpc) is 2.29. The number of hydrogen-bond acceptors (Lipinski definition) is 3. The van der Waals surface area contributed by atoms with E-state index in [9.17, 15) is 5.11 Å². The molecule has 1 aliphatic carbocycles. The van der Waals surface area contributed by atoms with Crippen molar-refractivity contribution in [3.8, 4) is 0 Å². The first-order valence-corrected chi connectivity index (χ1v) is 6.72. The maximum atomic E-state index is 9.99. The summed E-state index contributed by atoms with van der Waals surface area (Å²) in [6, 6.07) is 0.566. The summed E-state index contributed by atoms with van der Waals surface area (Å²) in [4.78, 5) is 2.46. The van der Waals surface area contributed by atoms with Crippen molar-refractivity contribution < 1.29 is 9.84 Å². The molecule has 0 bridgehead atoms. The zero-order valence-corrected chi connectivity index (χ0v) is 10.6. The minimum atomic E-state index is -0.194. The maximum Gasteiger partial charge on any atom is 0.0730 e. The van der Waals surface area contributed by atoms with Crippen LogP contribution >= 0.6 is 0 Å². The summed E-state index contributed by atoms with van der Waals surface area (Å²) in [5.41, 5.74) is 0. The van der Waals surface area contributed by atoms with E-state index in [0.29, 0.717) is 18.1 Å². The van der Waals surface area contributed by atoms with E-state index >= 15 is 0 Å². The van der Waals surface area contributed by atoms with Gasteiger partial charge in [-0.25, -0.2) is 0 Å². The zero-order chi connectivity index (χ0) is 11.5. The number of nitrogens with zero attached hydrogens (tertiary/aromatic N) is 1. The molecule has 1 aliphatic heterocycles. The smallest absolute Gasteiger partial charge is 0.0730 e. The van der Waals surface area contributed by atoms with Crippen LogP contribution in [0.1, 0.15) is 39.5 Å². The average molecular weight is 227 g/mol. The lowest BCUT2D eigenvalue weighted by atomic mass is 9.89. The zero-order valence-electron chi connectivity index (χ0n) is 10.6. The van der Waals surface area contributed by atoms with Crippen LogP contribution in [0.15, 0.2) is 0 Å². The number of morpholine rings is 1. The van der Waals surface area contributed by atoms with Crippen molar-refractivity contribution in [2.45, 2.75) is 57.8 Å². The largest absolute Gasteiger partial charge is 0.392 e. The summed E-state index contributed by atoms with van der Waals surface area (Å²) in [7, 11) is 0. The highest BCUT2D eigenvalue weighted by Gasteiger charge is 2.34. The normalized spacial score (nSPS) is 33.8. The van der Waals surface area contributed by atoms with Gasteiger partial charge in [-0.15, -0.1) is 0 Å². The third kappa shape index (κ3) is 2.76. The molecule has 2 aliphatic rings. The number of aliphatic hydroxyl groups is 1. The summed E-state index contributed by atoms with van der Waals surface area (Å²) in [5, 5.41) is 9.99. The van der Waals surface area contributed by atoms with Crippen LogP contribution in [0.3, 0.4) is 0 Å². The molecule has 3 heteroatoms. The Morgan fingerprint density at radius 1 is 1.31 bits per heavy atom. The maximum absolute atomic E-state index is 9.99. The van der Waals surface area contributed by atoms with Gasteiger partial charge in [0.2, 0.25) is 0 Å². The fraction of sp³-hybridized carbons (Fsp3) is 1.00. The monoisotopic (exact) mass is 227 g/mol. The molecule has 0 amide bonds. The first kappa shape index (κ1) is 12.3. The second-order valence-electron chi connectivity index (χ2n) is 5.57. The van der Waals surface area contributed by atoms with E-state index in [0.717, 1.165) is 19.7 Å². The van der Waals surface area contributed by atoms with Crippen molar-refractivity contribution in [3.63, 3.8) is 0 Å². The molecule has 1 N–H and O–H groups in total. The van der Waals surface area contributed by atoms with Gasteiger partial charge in [0, 0.05) is 19.1 Å². The Morgan fingerprint density at radius 3 is 2.81 bits per heavy atom. The van der Waals surface area contributed by atoms with Crippen LogP contribution in [0.2, 0.25) is 0 Å². The fourth-order valence-electron chi connectivity index (χ4n) is 2.85. The van der Waals surface area contributed by atoms with Crippen LogP contribution in [-0.4, -0.2) is 48.0 Å². The second kappa shape index (κ2) is 5.48. The molecule has 3 nitrogen and oxygen atoms in total. The summed E-state index contributed by atoms with van der Waals surface area (Å²) in [5.74, 6) is 0.352. The second-order valence-corrected chi connectivity index (χ2v) is 5.57. The summed E-state index contributed by atoms with van der Waals surface area (Å²) < 4.78 is 5.83. The van der Waals surface area contributed by atoms with E-state index in [1.54, 1.807) is 0 Å². The molecule has 0 radical (unpaired) electrons. The van der Waals surface area contributed by atoms with Gasteiger partial charge in [-0.3, -0.25) is 4.90 Å². The summed E-state index contributed by atoms with van der Waals surface area (Å²) >= 11 is 0. The molecule has 3 unspecified atom stereocenters. The van der Waals surface area contributed by atoms with Crippen molar-refractivity contribution in [3.05, 3.63) is 0 Å². The van der Waals surface area contributed by atoms with Gasteiger partial charge in [0.25, 0.3) is 0 Å². The van der Waals surface area contributed by atoms with Gasteiger partial charge in [0.1, 0.15) is 0 Å². The molecule has 1 saturated heterocycles. The van der Waals surface area contributed by atoms with Crippen LogP contribution in [-0.2, 0) is 4.74 Å². The fourth-order valence-corrected chi connectivity index (χ4v) is 2.85. The van der Waals surface area contributed by atoms with Crippen LogP contribution < -0.4 is 0 Å². The summed E-state index contributed by atoms with van der Waals surface area (Å²) in [6.45, 7) is 6.83. The third-order valence-electron chi connectivity index (χ3n) is 4.04. The molecule has 3 atom stereocenters. The predicted molar refractivity (Wildman–Crippen MR) is 64.4 cm³/mol. The molecular weight excluding hydrogens is 202 g/mol. The Kier molecular flexibility index (Phi) is 4.22. The molecule has 0 aromatic heterocycles. The molecule has 0 aromatic carbocycles. The lowest BCUT2D eigenvalue weighted by Crippen LogP contribution is -2.54. The van der Waals surface area contributed by atoms with Gasteiger partial charge < -0.3 is 9.84 Å². The van der Waals surface area contributed by atoms with E-state index in [4.69, 9.17) is 4.74 Å². The van der Waals surface area contributed by atoms with Gasteiger partial charge >= 0.3 is 0 Å². The minimum Gasteiger partial charge on any atom is -0.392 e. The lowest BCUT2D eigenvalue weighted by Gasteiger charge is -2.44. The van der Waals surface area contributed by atoms with Crippen molar-refractivity contribution in [1.82, 2.24) is 4.90 Å². The van der Waals surface area contributed by atoms with Gasteiger partial charge in [-0.1, -0.05) is 26.7 Å². The number of β-amino-alcohol motifs (C(OH)–C–C–N with tert-alkyl or cyclic N) is 1. The van der Waals surface area contributed by atoms with Crippen LogP contribution in [0.4, 0.5) is 0 Å². The number of rotatable bonds is 3. The lowest BCUT2D eigenvalue weighted by molar-refractivity contribution is -0.0999. The Morgan fingerprint density at radius 2 is 2.06 bits per heavy atom. The van der Waals surface area contributed by atoms with E-state index in [-0.39, 0.29) is 6.10 Å². The highest BCUT2D eigenvalue weighted by Crippen LogP contribution is 2.28. The molecule has 0 aromatic rings. The molecule has 16 heavy (non-hydrogen) atoms. The molecule has 2 rings (SSSR count). The van der Waals surface area contributed by atoms with Crippen molar-refractivity contribution in [2.75, 3.05) is 19.7 Å². The van der Waals surface area contributed by atoms with Crippen molar-refractivity contribution in [1.29, 1.82) is 0 Å². The van der Waals surface area contributed by atoms with Gasteiger partial charge in [0.05, 0.1) is 18.8 Å². The minimum absolute atomic E-state index is 0.194. The van der Waals surface area contributed by atoms with E-state index in [1.165, 1.54) is 25.7 Å². The van der Waals surface area contributed by atoms with Crippen LogP contribution in [0.5, 0.6) is 0 Å². The number of aliphatic hydroxyl groups excluding tert-OH is 1. The number of hydrogen-bond donors (Lipinski definition) is 1. The molecule has 94 valence electrons. The highest BCUT2D eigenvalue weighted by molar-refractivity contribution is 4.88. The molecule has 2 fully saturated rings. The highest BCUT2D eigenvalue weighted by atomic mass is 16.5. The quantitative estimate of drug-likeness (QED) is 0.795. The first-order valence-electron chi connectivity index (χ1n) is 6.72. The SMILES string of the molecule is CC(C)C(O)CN1CCOC2CCCCC21.